The molecule has 1 aromatic rings. The first kappa shape index (κ1) is 16.1. The topological polar surface area (TPSA) is 68.0 Å². The van der Waals surface area contributed by atoms with Crippen LogP contribution >= 0.6 is 0 Å². The molecule has 0 saturated carbocycles. The van der Waals surface area contributed by atoms with Gasteiger partial charge in [0.05, 0.1) is 26.4 Å². The zero-order valence-electron chi connectivity index (χ0n) is 12.9. The normalized spacial score (nSPS) is 17.8. The Labute approximate surface area is 126 Å². The molecule has 1 atom stereocenters. The van der Waals surface area contributed by atoms with Crippen LogP contribution in [0.2, 0.25) is 0 Å². The lowest BCUT2D eigenvalue weighted by Crippen LogP contribution is -2.38. The standard InChI is InChI=1S/C16H26N2O3/c1-12(17)16-14(4-3-5-15(16)20-2)18-8-6-13(7-9-18)21-11-10-19/h3-5,12-13,19H,6-11,17H2,1-2H3/t12-/m1/s1. The second kappa shape index (κ2) is 7.64. The van der Waals surface area contributed by atoms with E-state index >= 15 is 0 Å². The number of hydrogen-bond donors (Lipinski definition) is 2. The van der Waals surface area contributed by atoms with Gasteiger partial charge in [0.25, 0.3) is 0 Å². The summed E-state index contributed by atoms with van der Waals surface area (Å²) in [6.07, 6.45) is 2.18. The summed E-state index contributed by atoms with van der Waals surface area (Å²) in [5.41, 5.74) is 8.35. The minimum absolute atomic E-state index is 0.0699. The molecule has 1 saturated heterocycles. The SMILES string of the molecule is COc1cccc(N2CCC(OCCO)CC2)c1[C@@H](C)N. The highest BCUT2D eigenvalue weighted by atomic mass is 16.5. The van der Waals surface area contributed by atoms with E-state index in [1.807, 2.05) is 19.1 Å². The van der Waals surface area contributed by atoms with Gasteiger partial charge in [-0.15, -0.1) is 0 Å². The quantitative estimate of drug-likeness (QED) is 0.836. The average molecular weight is 294 g/mol. The van der Waals surface area contributed by atoms with Crippen molar-refractivity contribution in [3.8, 4) is 5.75 Å². The zero-order chi connectivity index (χ0) is 15.2. The van der Waals surface area contributed by atoms with Crippen molar-refractivity contribution in [1.82, 2.24) is 0 Å². The lowest BCUT2D eigenvalue weighted by Gasteiger charge is -2.35. The van der Waals surface area contributed by atoms with Crippen molar-refractivity contribution in [2.45, 2.75) is 31.9 Å². The van der Waals surface area contributed by atoms with Crippen molar-refractivity contribution in [1.29, 1.82) is 0 Å². The molecule has 1 aromatic carbocycles. The third-order valence-electron chi connectivity index (χ3n) is 3.95. The molecule has 1 fully saturated rings. The number of piperidine rings is 1. The maximum atomic E-state index is 8.82. The van der Waals surface area contributed by atoms with Crippen LogP contribution in [0.1, 0.15) is 31.4 Å². The number of nitrogens with two attached hydrogens (primary N) is 1. The number of ether oxygens (including phenoxy) is 2. The highest BCUT2D eigenvalue weighted by Crippen LogP contribution is 2.35. The van der Waals surface area contributed by atoms with Crippen LogP contribution < -0.4 is 15.4 Å². The predicted octanol–water partition coefficient (Wildman–Crippen LogP) is 1.69. The highest BCUT2D eigenvalue weighted by Gasteiger charge is 2.23. The molecule has 1 aliphatic heterocycles. The fourth-order valence-corrected chi connectivity index (χ4v) is 2.93. The summed E-state index contributed by atoms with van der Waals surface area (Å²) in [5.74, 6) is 0.848. The van der Waals surface area contributed by atoms with E-state index < -0.39 is 0 Å². The van der Waals surface area contributed by atoms with E-state index in [1.54, 1.807) is 7.11 Å². The molecule has 0 radical (unpaired) electrons. The molecule has 21 heavy (non-hydrogen) atoms. The van der Waals surface area contributed by atoms with Crippen molar-refractivity contribution in [2.75, 3.05) is 38.3 Å². The second-order valence-corrected chi connectivity index (χ2v) is 5.46. The van der Waals surface area contributed by atoms with Gasteiger partial charge < -0.3 is 25.2 Å². The molecule has 5 nitrogen and oxygen atoms in total. The van der Waals surface area contributed by atoms with Gasteiger partial charge in [-0.3, -0.25) is 0 Å². The lowest BCUT2D eigenvalue weighted by atomic mass is 10.0. The summed E-state index contributed by atoms with van der Waals surface area (Å²) in [7, 11) is 1.68. The summed E-state index contributed by atoms with van der Waals surface area (Å²) in [4.78, 5) is 2.35. The molecule has 0 spiro atoms. The van der Waals surface area contributed by atoms with E-state index in [-0.39, 0.29) is 18.8 Å². The first-order valence-electron chi connectivity index (χ1n) is 7.57. The fourth-order valence-electron chi connectivity index (χ4n) is 2.93. The highest BCUT2D eigenvalue weighted by molar-refractivity contribution is 5.61. The number of hydrogen-bond acceptors (Lipinski definition) is 5. The van der Waals surface area contributed by atoms with Crippen LogP contribution in [-0.4, -0.2) is 44.6 Å². The Morgan fingerprint density at radius 3 is 2.67 bits per heavy atom. The Kier molecular flexibility index (Phi) is 5.85. The lowest BCUT2D eigenvalue weighted by molar-refractivity contribution is 0.0159. The van der Waals surface area contributed by atoms with Gasteiger partial charge in [-0.05, 0) is 31.9 Å². The largest absolute Gasteiger partial charge is 0.496 e. The molecule has 118 valence electrons. The molecule has 1 heterocycles. The average Bonchev–Trinajstić information content (AvgIpc) is 2.52. The minimum atomic E-state index is -0.0699. The van der Waals surface area contributed by atoms with Crippen molar-refractivity contribution >= 4 is 5.69 Å². The van der Waals surface area contributed by atoms with E-state index in [0.717, 1.165) is 42.9 Å². The van der Waals surface area contributed by atoms with Gasteiger partial charge in [0, 0.05) is 30.4 Å². The van der Waals surface area contributed by atoms with Gasteiger partial charge in [0.15, 0.2) is 0 Å². The van der Waals surface area contributed by atoms with Crippen LogP contribution in [0.5, 0.6) is 5.75 Å². The Morgan fingerprint density at radius 1 is 1.38 bits per heavy atom. The summed E-state index contributed by atoms with van der Waals surface area (Å²) >= 11 is 0. The number of anilines is 1. The number of rotatable bonds is 6. The molecule has 0 amide bonds. The molecular formula is C16H26N2O3. The number of aliphatic hydroxyl groups is 1. The van der Waals surface area contributed by atoms with Crippen molar-refractivity contribution in [2.24, 2.45) is 5.73 Å². The predicted molar refractivity (Wildman–Crippen MR) is 83.9 cm³/mol. The van der Waals surface area contributed by atoms with Gasteiger partial charge >= 0.3 is 0 Å². The zero-order valence-corrected chi connectivity index (χ0v) is 12.9. The Balaban J connectivity index is 2.09. The van der Waals surface area contributed by atoms with Gasteiger partial charge in [-0.2, -0.15) is 0 Å². The van der Waals surface area contributed by atoms with Crippen LogP contribution in [0.25, 0.3) is 0 Å². The second-order valence-electron chi connectivity index (χ2n) is 5.46. The Morgan fingerprint density at radius 2 is 2.10 bits per heavy atom. The molecule has 0 unspecified atom stereocenters. The molecule has 3 N–H and O–H groups in total. The van der Waals surface area contributed by atoms with E-state index in [2.05, 4.69) is 11.0 Å². The molecule has 2 rings (SSSR count). The monoisotopic (exact) mass is 294 g/mol. The third-order valence-corrected chi connectivity index (χ3v) is 3.95. The van der Waals surface area contributed by atoms with Gasteiger partial charge in [-0.1, -0.05) is 6.07 Å². The molecule has 5 heteroatoms. The van der Waals surface area contributed by atoms with Crippen molar-refractivity contribution in [3.63, 3.8) is 0 Å². The number of aliphatic hydroxyl groups excluding tert-OH is 1. The number of methoxy groups -OCH3 is 1. The van der Waals surface area contributed by atoms with Crippen LogP contribution in [0.4, 0.5) is 5.69 Å². The van der Waals surface area contributed by atoms with Gasteiger partial charge in [0.2, 0.25) is 0 Å². The molecular weight excluding hydrogens is 268 g/mol. The van der Waals surface area contributed by atoms with E-state index in [9.17, 15) is 0 Å². The van der Waals surface area contributed by atoms with E-state index in [0.29, 0.717) is 6.61 Å². The van der Waals surface area contributed by atoms with Gasteiger partial charge in [0.1, 0.15) is 5.75 Å². The van der Waals surface area contributed by atoms with E-state index in [4.69, 9.17) is 20.3 Å². The maximum Gasteiger partial charge on any atom is 0.125 e. The Bertz CT molecular complexity index is 443. The molecule has 1 aliphatic rings. The fraction of sp³-hybridized carbons (Fsp3) is 0.625. The maximum absolute atomic E-state index is 8.82. The number of nitrogens with zero attached hydrogens (tertiary/aromatic N) is 1. The number of benzene rings is 1. The minimum Gasteiger partial charge on any atom is -0.496 e. The first-order valence-corrected chi connectivity index (χ1v) is 7.57. The van der Waals surface area contributed by atoms with Crippen molar-refractivity contribution < 1.29 is 14.6 Å². The summed E-state index contributed by atoms with van der Waals surface area (Å²) in [6.45, 7) is 4.37. The molecule has 0 aliphatic carbocycles. The summed E-state index contributed by atoms with van der Waals surface area (Å²) in [6, 6.07) is 6.00. The van der Waals surface area contributed by atoms with E-state index in [1.165, 1.54) is 0 Å². The van der Waals surface area contributed by atoms with Crippen molar-refractivity contribution in [3.05, 3.63) is 23.8 Å². The third kappa shape index (κ3) is 3.87. The summed E-state index contributed by atoms with van der Waals surface area (Å²) < 4.78 is 11.1. The van der Waals surface area contributed by atoms with Crippen LogP contribution in [0.3, 0.4) is 0 Å². The van der Waals surface area contributed by atoms with Gasteiger partial charge in [-0.25, -0.2) is 0 Å². The smallest absolute Gasteiger partial charge is 0.125 e. The first-order chi connectivity index (χ1) is 10.2. The molecule has 0 aromatic heterocycles. The van der Waals surface area contributed by atoms with Crippen LogP contribution in [0, 0.1) is 0 Å². The van der Waals surface area contributed by atoms with Crippen LogP contribution in [-0.2, 0) is 4.74 Å². The Hall–Kier alpha value is -1.30. The summed E-state index contributed by atoms with van der Waals surface area (Å²) in [5, 5.41) is 8.82. The molecule has 0 bridgehead atoms. The van der Waals surface area contributed by atoms with Crippen LogP contribution in [0.15, 0.2) is 18.2 Å².